The molecule has 0 aromatic rings. The number of urea groups is 1. The molecule has 0 aromatic heterocycles. The van der Waals surface area contributed by atoms with Crippen molar-refractivity contribution in [1.82, 2.24) is 15.5 Å². The third kappa shape index (κ3) is 8.59. The van der Waals surface area contributed by atoms with E-state index in [-0.39, 0.29) is 24.1 Å². The Morgan fingerprint density at radius 2 is 1.86 bits per heavy atom. The average Bonchev–Trinajstić information content (AvgIpc) is 2.44. The number of carbonyl (C=O) groups excluding carboxylic acids is 1. The van der Waals surface area contributed by atoms with E-state index in [2.05, 4.69) is 43.2 Å². The third-order valence-corrected chi connectivity index (χ3v) is 4.04. The number of nitrogens with zero attached hydrogens (tertiary/aromatic N) is 1. The molecule has 0 aliphatic carbocycles. The molecule has 0 radical (unpaired) electrons. The van der Waals surface area contributed by atoms with Crippen molar-refractivity contribution in [1.29, 1.82) is 0 Å². The van der Waals surface area contributed by atoms with E-state index in [4.69, 9.17) is 0 Å². The SMILES string of the molecule is CC(CNC(=O)NC(CO)CC(C)(C)C)CN1CCCCC1. The van der Waals surface area contributed by atoms with Crippen LogP contribution in [-0.4, -0.2) is 54.9 Å². The highest BCUT2D eigenvalue weighted by molar-refractivity contribution is 5.74. The third-order valence-electron chi connectivity index (χ3n) is 4.04. The lowest BCUT2D eigenvalue weighted by atomic mass is 9.88. The molecule has 1 aliphatic rings. The van der Waals surface area contributed by atoms with E-state index in [0.717, 1.165) is 13.0 Å². The van der Waals surface area contributed by atoms with Crippen LogP contribution < -0.4 is 10.6 Å². The van der Waals surface area contributed by atoms with Crippen LogP contribution in [0.5, 0.6) is 0 Å². The molecule has 0 bridgehead atoms. The first-order chi connectivity index (χ1) is 10.3. The molecule has 130 valence electrons. The molecule has 22 heavy (non-hydrogen) atoms. The molecule has 3 N–H and O–H groups in total. The van der Waals surface area contributed by atoms with Gasteiger partial charge in [-0.3, -0.25) is 0 Å². The molecule has 5 heteroatoms. The van der Waals surface area contributed by atoms with Crippen molar-refractivity contribution in [3.63, 3.8) is 0 Å². The summed E-state index contributed by atoms with van der Waals surface area (Å²) in [6.07, 6.45) is 4.71. The maximum Gasteiger partial charge on any atom is 0.315 e. The minimum Gasteiger partial charge on any atom is -0.394 e. The van der Waals surface area contributed by atoms with Gasteiger partial charge in [0.05, 0.1) is 12.6 Å². The lowest BCUT2D eigenvalue weighted by molar-refractivity contribution is 0.185. The fourth-order valence-corrected chi connectivity index (χ4v) is 3.05. The normalized spacial score (nSPS) is 19.5. The zero-order chi connectivity index (χ0) is 16.6. The van der Waals surface area contributed by atoms with Gasteiger partial charge < -0.3 is 20.6 Å². The number of carbonyl (C=O) groups is 1. The molecule has 2 amide bonds. The monoisotopic (exact) mass is 313 g/mol. The maximum absolute atomic E-state index is 11.9. The summed E-state index contributed by atoms with van der Waals surface area (Å²) >= 11 is 0. The highest BCUT2D eigenvalue weighted by Crippen LogP contribution is 2.20. The Morgan fingerprint density at radius 3 is 2.41 bits per heavy atom. The molecule has 1 aliphatic heterocycles. The van der Waals surface area contributed by atoms with Gasteiger partial charge in [-0.15, -0.1) is 0 Å². The van der Waals surface area contributed by atoms with Gasteiger partial charge in [0, 0.05) is 13.1 Å². The Morgan fingerprint density at radius 1 is 1.23 bits per heavy atom. The molecule has 1 fully saturated rings. The second-order valence-corrected chi connectivity index (χ2v) is 7.97. The predicted octanol–water partition coefficient (Wildman–Crippen LogP) is 2.20. The van der Waals surface area contributed by atoms with Crippen LogP contribution in [0.15, 0.2) is 0 Å². The Kier molecular flexibility index (Phi) is 8.18. The summed E-state index contributed by atoms with van der Waals surface area (Å²) in [5.74, 6) is 0.444. The molecule has 2 atom stereocenters. The number of amides is 2. The highest BCUT2D eigenvalue weighted by atomic mass is 16.3. The molecule has 5 nitrogen and oxygen atoms in total. The van der Waals surface area contributed by atoms with Gasteiger partial charge in [0.25, 0.3) is 0 Å². The van der Waals surface area contributed by atoms with Gasteiger partial charge in [-0.25, -0.2) is 4.79 Å². The van der Waals surface area contributed by atoms with Gasteiger partial charge in [-0.1, -0.05) is 34.1 Å². The quantitative estimate of drug-likeness (QED) is 0.675. The van der Waals surface area contributed by atoms with Crippen LogP contribution in [0.1, 0.15) is 53.4 Å². The largest absolute Gasteiger partial charge is 0.394 e. The number of likely N-dealkylation sites (tertiary alicyclic amines) is 1. The number of hydrogen-bond donors (Lipinski definition) is 3. The molecule has 1 heterocycles. The average molecular weight is 313 g/mol. The lowest BCUT2D eigenvalue weighted by Crippen LogP contribution is -2.47. The van der Waals surface area contributed by atoms with Gasteiger partial charge in [0.2, 0.25) is 0 Å². The first kappa shape index (κ1) is 19.2. The van der Waals surface area contributed by atoms with Crippen molar-refractivity contribution in [2.24, 2.45) is 11.3 Å². The van der Waals surface area contributed by atoms with Crippen molar-refractivity contribution in [2.75, 3.05) is 32.8 Å². The summed E-state index contributed by atoms with van der Waals surface area (Å²) in [4.78, 5) is 14.4. The summed E-state index contributed by atoms with van der Waals surface area (Å²) in [6.45, 7) is 12.6. The second kappa shape index (κ2) is 9.36. The van der Waals surface area contributed by atoms with Crippen LogP contribution in [0.3, 0.4) is 0 Å². The van der Waals surface area contributed by atoms with E-state index in [1.54, 1.807) is 0 Å². The summed E-state index contributed by atoms with van der Waals surface area (Å²) in [5.41, 5.74) is 0.0855. The predicted molar refractivity (Wildman–Crippen MR) is 90.9 cm³/mol. The van der Waals surface area contributed by atoms with Crippen LogP contribution in [0.2, 0.25) is 0 Å². The number of nitrogens with one attached hydrogen (secondary N) is 2. The van der Waals surface area contributed by atoms with Crippen LogP contribution in [-0.2, 0) is 0 Å². The molecule has 0 saturated carbocycles. The fraction of sp³-hybridized carbons (Fsp3) is 0.941. The first-order valence-corrected chi connectivity index (χ1v) is 8.68. The zero-order valence-electron chi connectivity index (χ0n) is 14.8. The Labute approximate surface area is 135 Å². The van der Waals surface area contributed by atoms with Gasteiger partial charge in [0.15, 0.2) is 0 Å². The van der Waals surface area contributed by atoms with Crippen molar-refractivity contribution >= 4 is 6.03 Å². The molecule has 0 aromatic carbocycles. The molecular weight excluding hydrogens is 278 g/mol. The van der Waals surface area contributed by atoms with Gasteiger partial charge >= 0.3 is 6.03 Å². The summed E-state index contributed by atoms with van der Waals surface area (Å²) < 4.78 is 0. The van der Waals surface area contributed by atoms with Gasteiger partial charge in [-0.2, -0.15) is 0 Å². The van der Waals surface area contributed by atoms with Crippen molar-refractivity contribution in [3.8, 4) is 0 Å². The molecule has 1 saturated heterocycles. The first-order valence-electron chi connectivity index (χ1n) is 8.68. The summed E-state index contributed by atoms with van der Waals surface area (Å²) in [7, 11) is 0. The molecular formula is C17H35N3O2. The Balaban J connectivity index is 2.23. The van der Waals surface area contributed by atoms with Crippen LogP contribution in [0, 0.1) is 11.3 Å². The van der Waals surface area contributed by atoms with Crippen LogP contribution in [0.25, 0.3) is 0 Å². The van der Waals surface area contributed by atoms with E-state index in [0.29, 0.717) is 12.5 Å². The number of aliphatic hydroxyl groups excluding tert-OH is 1. The lowest BCUT2D eigenvalue weighted by Gasteiger charge is -2.29. The van der Waals surface area contributed by atoms with Gasteiger partial charge in [0.1, 0.15) is 0 Å². The smallest absolute Gasteiger partial charge is 0.315 e. The van der Waals surface area contributed by atoms with E-state index >= 15 is 0 Å². The van der Waals surface area contributed by atoms with Crippen LogP contribution >= 0.6 is 0 Å². The van der Waals surface area contributed by atoms with Crippen LogP contribution in [0.4, 0.5) is 4.79 Å². The number of piperidine rings is 1. The second-order valence-electron chi connectivity index (χ2n) is 7.97. The zero-order valence-corrected chi connectivity index (χ0v) is 14.8. The topological polar surface area (TPSA) is 64.6 Å². The van der Waals surface area contributed by atoms with E-state index in [1.165, 1.54) is 32.4 Å². The molecule has 0 spiro atoms. The minimum atomic E-state index is -0.183. The number of rotatable bonds is 7. The highest BCUT2D eigenvalue weighted by Gasteiger charge is 2.20. The molecule has 2 unspecified atom stereocenters. The fourth-order valence-electron chi connectivity index (χ4n) is 3.05. The standard InChI is InChI=1S/C17H35N3O2/c1-14(12-20-8-6-5-7-9-20)11-18-16(22)19-15(13-21)10-17(2,3)4/h14-15,21H,5-13H2,1-4H3,(H2,18,19,22). The van der Waals surface area contributed by atoms with E-state index in [1.807, 2.05) is 0 Å². The minimum absolute atomic E-state index is 0.0198. The van der Waals surface area contributed by atoms with E-state index in [9.17, 15) is 9.90 Å². The Hall–Kier alpha value is -0.810. The van der Waals surface area contributed by atoms with Crippen molar-refractivity contribution < 1.29 is 9.90 Å². The Bertz CT molecular complexity index is 322. The van der Waals surface area contributed by atoms with Gasteiger partial charge in [-0.05, 0) is 43.7 Å². The van der Waals surface area contributed by atoms with Crippen molar-refractivity contribution in [3.05, 3.63) is 0 Å². The summed E-state index contributed by atoms with van der Waals surface area (Å²) in [5, 5.41) is 15.2. The van der Waals surface area contributed by atoms with Crippen molar-refractivity contribution in [2.45, 2.75) is 59.4 Å². The number of aliphatic hydroxyl groups is 1. The number of hydrogen-bond acceptors (Lipinski definition) is 3. The maximum atomic E-state index is 11.9. The molecule has 1 rings (SSSR count). The van der Waals surface area contributed by atoms with E-state index < -0.39 is 0 Å². The summed E-state index contributed by atoms with van der Waals surface area (Å²) in [6, 6.07) is -0.355.